The molecule has 172 valence electrons. The maximum atomic E-state index is 12.1. The highest BCUT2D eigenvalue weighted by Crippen LogP contribution is 2.24. The van der Waals surface area contributed by atoms with Crippen molar-refractivity contribution in [3.05, 3.63) is 42.0 Å². The Balaban J connectivity index is 1.57. The van der Waals surface area contributed by atoms with Crippen LogP contribution in [0.1, 0.15) is 5.56 Å². The van der Waals surface area contributed by atoms with E-state index in [1.807, 2.05) is 6.07 Å². The Bertz CT molecular complexity index is 742. The van der Waals surface area contributed by atoms with Crippen molar-refractivity contribution in [3.8, 4) is 0 Å². The predicted molar refractivity (Wildman–Crippen MR) is 102 cm³/mol. The summed E-state index contributed by atoms with van der Waals surface area (Å²) in [7, 11) is 0. The van der Waals surface area contributed by atoms with Gasteiger partial charge in [0.25, 0.3) is 0 Å². The Hall–Kier alpha value is -1.93. The van der Waals surface area contributed by atoms with Gasteiger partial charge < -0.3 is 49.6 Å². The Morgan fingerprint density at radius 3 is 2.32 bits per heavy atom. The molecular weight excluding hydrogens is 416 g/mol. The van der Waals surface area contributed by atoms with E-state index in [0.29, 0.717) is 0 Å². The summed E-state index contributed by atoms with van der Waals surface area (Å²) in [5, 5.41) is 59.3. The number of esters is 1. The van der Waals surface area contributed by atoms with Gasteiger partial charge in [-0.2, -0.15) is 0 Å². The van der Waals surface area contributed by atoms with E-state index in [2.05, 4.69) is 0 Å². The molecule has 2 heterocycles. The van der Waals surface area contributed by atoms with Gasteiger partial charge in [-0.3, -0.25) is 0 Å². The number of hydrogen-bond donors (Lipinski definition) is 6. The molecule has 31 heavy (non-hydrogen) atoms. The largest absolute Gasteiger partial charge is 0.430 e. The van der Waals surface area contributed by atoms with E-state index in [-0.39, 0.29) is 6.61 Å². The zero-order chi connectivity index (χ0) is 22.5. The topological polar surface area (TPSA) is 175 Å². The van der Waals surface area contributed by atoms with Gasteiger partial charge in [0.2, 0.25) is 6.29 Å². The number of hydrogen-bond acceptors (Lipinski definition) is 11. The standard InChI is InChI=1S/C20H26O11/c21-11-8-28-19(17(26)14(11)23)29-9-12-15(24)16(25)18(27)20(30-12)31-13(22)7-6-10-4-2-1-3-5-10/h1-7,11-12,14-21,23-27H,8-9H2/b7-6+/t11-,12+,14-,15+,16-,17+,18+,19-,20-/m0/s1. The van der Waals surface area contributed by atoms with E-state index in [1.54, 1.807) is 24.3 Å². The first-order chi connectivity index (χ1) is 14.8. The third-order valence-corrected chi connectivity index (χ3v) is 4.99. The molecule has 6 N–H and O–H groups in total. The summed E-state index contributed by atoms with van der Waals surface area (Å²) in [6.07, 6.45) is -10.9. The van der Waals surface area contributed by atoms with E-state index in [4.69, 9.17) is 18.9 Å². The fourth-order valence-electron chi connectivity index (χ4n) is 3.15. The summed E-state index contributed by atoms with van der Waals surface area (Å²) < 4.78 is 20.8. The lowest BCUT2D eigenvalue weighted by Crippen LogP contribution is -2.60. The Morgan fingerprint density at radius 1 is 0.935 bits per heavy atom. The molecule has 3 rings (SSSR count). The predicted octanol–water partition coefficient (Wildman–Crippen LogP) is -2.49. The van der Waals surface area contributed by atoms with Gasteiger partial charge in [-0.25, -0.2) is 4.79 Å². The molecule has 1 aromatic rings. The molecule has 2 aliphatic rings. The van der Waals surface area contributed by atoms with Gasteiger partial charge in [0.15, 0.2) is 6.29 Å². The quantitative estimate of drug-likeness (QED) is 0.203. The molecule has 11 nitrogen and oxygen atoms in total. The van der Waals surface area contributed by atoms with Crippen LogP contribution in [0.15, 0.2) is 36.4 Å². The minimum absolute atomic E-state index is 0.285. The Labute approximate surface area is 177 Å². The molecule has 0 aliphatic carbocycles. The van der Waals surface area contributed by atoms with Crippen molar-refractivity contribution in [2.75, 3.05) is 13.2 Å². The molecule has 0 bridgehead atoms. The molecule has 2 fully saturated rings. The Morgan fingerprint density at radius 2 is 1.61 bits per heavy atom. The van der Waals surface area contributed by atoms with Gasteiger partial charge in [-0.05, 0) is 11.6 Å². The molecule has 0 unspecified atom stereocenters. The number of benzene rings is 1. The van der Waals surface area contributed by atoms with Gasteiger partial charge in [0, 0.05) is 6.08 Å². The van der Waals surface area contributed by atoms with Crippen LogP contribution >= 0.6 is 0 Å². The maximum Gasteiger partial charge on any atom is 0.333 e. The molecule has 0 radical (unpaired) electrons. The summed E-state index contributed by atoms with van der Waals surface area (Å²) >= 11 is 0. The van der Waals surface area contributed by atoms with Crippen molar-refractivity contribution >= 4 is 12.0 Å². The van der Waals surface area contributed by atoms with Crippen LogP contribution in [0.25, 0.3) is 6.08 Å². The van der Waals surface area contributed by atoms with Crippen LogP contribution in [0, 0.1) is 0 Å². The van der Waals surface area contributed by atoms with Gasteiger partial charge >= 0.3 is 5.97 Å². The smallest absolute Gasteiger partial charge is 0.333 e. The van der Waals surface area contributed by atoms with Gasteiger partial charge in [0.05, 0.1) is 13.2 Å². The van der Waals surface area contributed by atoms with Crippen molar-refractivity contribution in [1.29, 1.82) is 0 Å². The summed E-state index contributed by atoms with van der Waals surface area (Å²) in [5.74, 6) is -0.848. The number of carbonyl (C=O) groups excluding carboxylic acids is 1. The summed E-state index contributed by atoms with van der Waals surface area (Å²) in [5.41, 5.74) is 0.740. The summed E-state index contributed by atoms with van der Waals surface area (Å²) in [6, 6.07) is 8.92. The van der Waals surface area contributed by atoms with E-state index in [1.165, 1.54) is 6.08 Å². The summed E-state index contributed by atoms with van der Waals surface area (Å²) in [4.78, 5) is 12.1. The SMILES string of the molecule is O=C(/C=C/c1ccccc1)O[C@@H]1O[C@H](CO[C@@H]2OC[C@H](O)[C@H](O)[C@H]2O)[C@@H](O)[C@H](O)[C@H]1O. The zero-order valence-electron chi connectivity index (χ0n) is 16.4. The van der Waals surface area contributed by atoms with Crippen LogP contribution in [0.2, 0.25) is 0 Å². The van der Waals surface area contributed by atoms with Gasteiger partial charge in [-0.1, -0.05) is 30.3 Å². The van der Waals surface area contributed by atoms with Crippen LogP contribution in [-0.4, -0.2) is 105 Å². The molecule has 2 saturated heterocycles. The second kappa shape index (κ2) is 10.6. The normalized spacial score (nSPS) is 38.8. The van der Waals surface area contributed by atoms with Crippen LogP contribution < -0.4 is 0 Å². The van der Waals surface area contributed by atoms with Crippen LogP contribution in [0.4, 0.5) is 0 Å². The average Bonchev–Trinajstić information content (AvgIpc) is 2.77. The van der Waals surface area contributed by atoms with Crippen LogP contribution in [-0.2, 0) is 23.7 Å². The van der Waals surface area contributed by atoms with Crippen molar-refractivity contribution in [2.45, 2.75) is 55.3 Å². The third kappa shape index (κ3) is 5.86. The number of aliphatic hydroxyl groups is 6. The monoisotopic (exact) mass is 442 g/mol. The molecule has 0 amide bonds. The molecule has 0 aromatic heterocycles. The van der Waals surface area contributed by atoms with Crippen molar-refractivity contribution < 1.29 is 54.4 Å². The van der Waals surface area contributed by atoms with Crippen LogP contribution in [0.3, 0.4) is 0 Å². The number of rotatable bonds is 6. The number of carbonyl (C=O) groups is 1. The molecule has 2 aliphatic heterocycles. The lowest BCUT2D eigenvalue weighted by molar-refractivity contribution is -0.314. The van der Waals surface area contributed by atoms with Crippen molar-refractivity contribution in [3.63, 3.8) is 0 Å². The highest BCUT2D eigenvalue weighted by Gasteiger charge is 2.46. The number of aliphatic hydroxyl groups excluding tert-OH is 6. The van der Waals surface area contributed by atoms with Crippen molar-refractivity contribution in [1.82, 2.24) is 0 Å². The van der Waals surface area contributed by atoms with E-state index in [0.717, 1.165) is 11.6 Å². The van der Waals surface area contributed by atoms with E-state index >= 15 is 0 Å². The minimum Gasteiger partial charge on any atom is -0.430 e. The van der Waals surface area contributed by atoms with E-state index in [9.17, 15) is 35.4 Å². The lowest BCUT2D eigenvalue weighted by atomic mass is 9.99. The lowest BCUT2D eigenvalue weighted by Gasteiger charge is -2.41. The van der Waals surface area contributed by atoms with Crippen molar-refractivity contribution in [2.24, 2.45) is 0 Å². The first-order valence-corrected chi connectivity index (χ1v) is 9.68. The van der Waals surface area contributed by atoms with Gasteiger partial charge in [-0.15, -0.1) is 0 Å². The highest BCUT2D eigenvalue weighted by atomic mass is 16.7. The molecule has 0 spiro atoms. The molecule has 1 aromatic carbocycles. The molecule has 11 heteroatoms. The Kier molecular flexibility index (Phi) is 8.11. The fraction of sp³-hybridized carbons (Fsp3) is 0.550. The molecule has 0 saturated carbocycles. The van der Waals surface area contributed by atoms with Crippen LogP contribution in [0.5, 0.6) is 0 Å². The fourth-order valence-corrected chi connectivity index (χ4v) is 3.15. The first kappa shape index (κ1) is 23.7. The second-order valence-electron chi connectivity index (χ2n) is 7.28. The summed E-state index contributed by atoms with van der Waals surface area (Å²) in [6.45, 7) is -0.726. The zero-order valence-corrected chi connectivity index (χ0v) is 16.4. The van der Waals surface area contributed by atoms with Gasteiger partial charge in [0.1, 0.15) is 42.7 Å². The first-order valence-electron chi connectivity index (χ1n) is 9.68. The molecule has 9 atom stereocenters. The minimum atomic E-state index is -1.71. The third-order valence-electron chi connectivity index (χ3n) is 4.99. The second-order valence-corrected chi connectivity index (χ2v) is 7.28. The average molecular weight is 442 g/mol. The van der Waals surface area contributed by atoms with E-state index < -0.39 is 67.9 Å². The molecular formula is C20H26O11. The maximum absolute atomic E-state index is 12.1. The highest BCUT2D eigenvalue weighted by molar-refractivity contribution is 5.87. The number of ether oxygens (including phenoxy) is 4.